The molecule has 0 radical (unpaired) electrons. The Morgan fingerprint density at radius 2 is 1.61 bits per heavy atom. The van der Waals surface area contributed by atoms with Crippen LogP contribution in [0.5, 0.6) is 11.6 Å². The molecule has 1 aromatic heterocycles. The van der Waals surface area contributed by atoms with Crippen molar-refractivity contribution in [1.29, 1.82) is 0 Å². The second-order valence-corrected chi connectivity index (χ2v) is 4.70. The number of aromatic nitrogens is 2. The highest BCUT2D eigenvalue weighted by atomic mass is 35.5. The first-order valence-electron chi connectivity index (χ1n) is 5.73. The molecule has 94 valence electrons. The molecular formula is C14H15ClN2O. The lowest BCUT2D eigenvalue weighted by Crippen LogP contribution is -1.97. The van der Waals surface area contributed by atoms with Gasteiger partial charge in [-0.1, -0.05) is 17.7 Å². The number of ether oxygens (including phenoxy) is 1. The molecule has 1 aromatic carbocycles. The molecule has 1 heterocycles. The van der Waals surface area contributed by atoms with E-state index in [-0.39, 0.29) is 5.15 Å². The molecule has 0 aliphatic heterocycles. The van der Waals surface area contributed by atoms with E-state index in [9.17, 15) is 0 Å². The van der Waals surface area contributed by atoms with Crippen LogP contribution in [0.4, 0.5) is 0 Å². The summed E-state index contributed by atoms with van der Waals surface area (Å²) in [6.45, 7) is 7.84. The SMILES string of the molecule is Cc1ccc(Oc2nc(C)c(C)nc2Cl)cc1C. The highest BCUT2D eigenvalue weighted by Gasteiger charge is 2.09. The molecular weight excluding hydrogens is 248 g/mol. The number of hydrogen-bond donors (Lipinski definition) is 0. The highest BCUT2D eigenvalue weighted by molar-refractivity contribution is 6.30. The van der Waals surface area contributed by atoms with Crippen molar-refractivity contribution in [3.8, 4) is 11.6 Å². The van der Waals surface area contributed by atoms with Gasteiger partial charge < -0.3 is 4.74 Å². The average Bonchev–Trinajstić information content (AvgIpc) is 2.31. The topological polar surface area (TPSA) is 35.0 Å². The predicted molar refractivity (Wildman–Crippen MR) is 72.5 cm³/mol. The third-order valence-corrected chi connectivity index (χ3v) is 3.17. The van der Waals surface area contributed by atoms with Gasteiger partial charge in [0.15, 0.2) is 5.15 Å². The van der Waals surface area contributed by atoms with E-state index < -0.39 is 0 Å². The van der Waals surface area contributed by atoms with E-state index in [0.29, 0.717) is 5.88 Å². The Bertz CT molecular complexity index is 597. The highest BCUT2D eigenvalue weighted by Crippen LogP contribution is 2.27. The fourth-order valence-electron chi connectivity index (χ4n) is 1.51. The minimum Gasteiger partial charge on any atom is -0.436 e. The average molecular weight is 263 g/mol. The molecule has 0 fully saturated rings. The fourth-order valence-corrected chi connectivity index (χ4v) is 1.72. The van der Waals surface area contributed by atoms with E-state index in [1.54, 1.807) is 0 Å². The van der Waals surface area contributed by atoms with Crippen molar-refractivity contribution < 1.29 is 4.74 Å². The summed E-state index contributed by atoms with van der Waals surface area (Å²) in [6.07, 6.45) is 0. The molecule has 0 N–H and O–H groups in total. The first kappa shape index (κ1) is 12.8. The molecule has 2 rings (SSSR count). The van der Waals surface area contributed by atoms with Crippen LogP contribution in [0.15, 0.2) is 18.2 Å². The minimum absolute atomic E-state index is 0.288. The largest absolute Gasteiger partial charge is 0.436 e. The Morgan fingerprint density at radius 1 is 0.944 bits per heavy atom. The van der Waals surface area contributed by atoms with Gasteiger partial charge in [0.25, 0.3) is 5.88 Å². The van der Waals surface area contributed by atoms with Crippen molar-refractivity contribution in [2.45, 2.75) is 27.7 Å². The Labute approximate surface area is 112 Å². The van der Waals surface area contributed by atoms with E-state index in [4.69, 9.17) is 16.3 Å². The monoisotopic (exact) mass is 262 g/mol. The molecule has 0 bridgehead atoms. The summed E-state index contributed by atoms with van der Waals surface area (Å²) in [5.41, 5.74) is 4.02. The Morgan fingerprint density at radius 3 is 2.28 bits per heavy atom. The van der Waals surface area contributed by atoms with Gasteiger partial charge in [-0.25, -0.2) is 9.97 Å². The van der Waals surface area contributed by atoms with Crippen molar-refractivity contribution >= 4 is 11.6 Å². The van der Waals surface area contributed by atoms with E-state index in [2.05, 4.69) is 16.9 Å². The van der Waals surface area contributed by atoms with Crippen molar-refractivity contribution in [3.05, 3.63) is 45.9 Å². The fraction of sp³-hybridized carbons (Fsp3) is 0.286. The molecule has 0 saturated carbocycles. The number of halogens is 1. The molecule has 0 atom stereocenters. The maximum absolute atomic E-state index is 6.02. The first-order valence-corrected chi connectivity index (χ1v) is 6.11. The number of hydrogen-bond acceptors (Lipinski definition) is 3. The van der Waals surface area contributed by atoms with Gasteiger partial charge in [0.2, 0.25) is 0 Å². The van der Waals surface area contributed by atoms with Gasteiger partial charge in [0.1, 0.15) is 5.75 Å². The maximum Gasteiger partial charge on any atom is 0.257 e. The summed E-state index contributed by atoms with van der Waals surface area (Å²) < 4.78 is 5.68. The van der Waals surface area contributed by atoms with Gasteiger partial charge in [-0.2, -0.15) is 0 Å². The smallest absolute Gasteiger partial charge is 0.257 e. The van der Waals surface area contributed by atoms with Crippen LogP contribution in [-0.4, -0.2) is 9.97 Å². The van der Waals surface area contributed by atoms with Crippen LogP contribution in [0, 0.1) is 27.7 Å². The lowest BCUT2D eigenvalue weighted by Gasteiger charge is -2.09. The lowest BCUT2D eigenvalue weighted by atomic mass is 10.1. The van der Waals surface area contributed by atoms with Crippen LogP contribution in [-0.2, 0) is 0 Å². The molecule has 4 heteroatoms. The van der Waals surface area contributed by atoms with Crippen molar-refractivity contribution in [2.75, 3.05) is 0 Å². The van der Waals surface area contributed by atoms with Gasteiger partial charge in [-0.3, -0.25) is 0 Å². The molecule has 0 aliphatic carbocycles. The van der Waals surface area contributed by atoms with E-state index in [1.165, 1.54) is 11.1 Å². The van der Waals surface area contributed by atoms with E-state index in [1.807, 2.05) is 39.0 Å². The van der Waals surface area contributed by atoms with Gasteiger partial charge in [0, 0.05) is 0 Å². The van der Waals surface area contributed by atoms with E-state index in [0.717, 1.165) is 17.1 Å². The summed E-state index contributed by atoms with van der Waals surface area (Å²) >= 11 is 6.02. The quantitative estimate of drug-likeness (QED) is 0.815. The van der Waals surface area contributed by atoms with Crippen LogP contribution < -0.4 is 4.74 Å². The van der Waals surface area contributed by atoms with Crippen LogP contribution in [0.2, 0.25) is 5.15 Å². The van der Waals surface area contributed by atoms with Gasteiger partial charge >= 0.3 is 0 Å². The molecule has 0 spiro atoms. The second-order valence-electron chi connectivity index (χ2n) is 4.34. The molecule has 0 unspecified atom stereocenters. The van der Waals surface area contributed by atoms with Crippen molar-refractivity contribution in [2.24, 2.45) is 0 Å². The molecule has 3 nitrogen and oxygen atoms in total. The Balaban J connectivity index is 2.34. The summed E-state index contributed by atoms with van der Waals surface area (Å²) in [5, 5.41) is 0.288. The Hall–Kier alpha value is -1.61. The Kier molecular flexibility index (Phi) is 3.53. The second kappa shape index (κ2) is 4.94. The summed E-state index contributed by atoms with van der Waals surface area (Å²) in [6, 6.07) is 5.87. The van der Waals surface area contributed by atoms with Crippen LogP contribution in [0.25, 0.3) is 0 Å². The summed E-state index contributed by atoms with van der Waals surface area (Å²) in [7, 11) is 0. The number of aryl methyl sites for hydroxylation is 4. The van der Waals surface area contributed by atoms with Crippen LogP contribution >= 0.6 is 11.6 Å². The molecule has 2 aromatic rings. The number of nitrogens with zero attached hydrogens (tertiary/aromatic N) is 2. The number of rotatable bonds is 2. The zero-order valence-corrected chi connectivity index (χ0v) is 11.7. The van der Waals surface area contributed by atoms with Crippen LogP contribution in [0.3, 0.4) is 0 Å². The van der Waals surface area contributed by atoms with Crippen molar-refractivity contribution in [1.82, 2.24) is 9.97 Å². The maximum atomic E-state index is 6.02. The van der Waals surface area contributed by atoms with Gasteiger partial charge in [-0.05, 0) is 51.0 Å². The normalized spacial score (nSPS) is 10.5. The molecule has 0 aliphatic rings. The minimum atomic E-state index is 0.288. The third-order valence-electron chi connectivity index (χ3n) is 2.93. The summed E-state index contributed by atoms with van der Waals surface area (Å²) in [5.74, 6) is 1.07. The lowest BCUT2D eigenvalue weighted by molar-refractivity contribution is 0.458. The predicted octanol–water partition coefficient (Wildman–Crippen LogP) is 4.16. The zero-order valence-electron chi connectivity index (χ0n) is 10.9. The molecule has 0 saturated heterocycles. The third kappa shape index (κ3) is 2.62. The van der Waals surface area contributed by atoms with Crippen molar-refractivity contribution in [3.63, 3.8) is 0 Å². The molecule has 18 heavy (non-hydrogen) atoms. The van der Waals surface area contributed by atoms with E-state index >= 15 is 0 Å². The summed E-state index contributed by atoms with van der Waals surface area (Å²) in [4.78, 5) is 8.49. The van der Waals surface area contributed by atoms with Crippen LogP contribution in [0.1, 0.15) is 22.5 Å². The molecule has 0 amide bonds. The number of benzene rings is 1. The zero-order chi connectivity index (χ0) is 13.3. The van der Waals surface area contributed by atoms with Gasteiger partial charge in [-0.15, -0.1) is 0 Å². The van der Waals surface area contributed by atoms with Gasteiger partial charge in [0.05, 0.1) is 11.4 Å². The first-order chi connectivity index (χ1) is 8.47. The standard InChI is InChI=1S/C14H15ClN2O/c1-8-5-6-12(7-9(8)2)18-14-13(15)16-10(3)11(4)17-14/h5-7H,1-4H3.